The number of hydrogen-bond donors (Lipinski definition) is 2. The summed E-state index contributed by atoms with van der Waals surface area (Å²) in [7, 11) is 1.38. The van der Waals surface area contributed by atoms with Crippen molar-refractivity contribution in [3.05, 3.63) is 71.2 Å². The number of halogens is 3. The van der Waals surface area contributed by atoms with Gasteiger partial charge in [0, 0.05) is 30.5 Å². The predicted molar refractivity (Wildman–Crippen MR) is 121 cm³/mol. The molecule has 0 saturated heterocycles. The number of aromatic amines is 1. The van der Waals surface area contributed by atoms with Gasteiger partial charge in [-0.1, -0.05) is 12.1 Å². The van der Waals surface area contributed by atoms with Gasteiger partial charge in [-0.25, -0.2) is 13.2 Å². The van der Waals surface area contributed by atoms with Crippen LogP contribution in [0.4, 0.5) is 24.5 Å². The molecule has 2 heterocycles. The molecule has 1 aliphatic rings. The fourth-order valence-electron chi connectivity index (χ4n) is 4.07. The Hall–Kier alpha value is -3.90. The van der Waals surface area contributed by atoms with Crippen LogP contribution in [0.15, 0.2) is 42.5 Å². The van der Waals surface area contributed by atoms with Crippen LogP contribution in [-0.4, -0.2) is 38.5 Å². The smallest absolute Gasteiger partial charge is 0.269 e. The van der Waals surface area contributed by atoms with Crippen LogP contribution >= 0.6 is 0 Å². The van der Waals surface area contributed by atoms with Crippen LogP contribution in [0.1, 0.15) is 16.1 Å². The molecule has 1 aromatic heterocycles. The van der Waals surface area contributed by atoms with Crippen LogP contribution in [0.2, 0.25) is 0 Å². The van der Waals surface area contributed by atoms with Crippen LogP contribution in [0.5, 0.6) is 5.75 Å². The van der Waals surface area contributed by atoms with Crippen LogP contribution in [0, 0.1) is 17.5 Å². The third-order valence-electron chi connectivity index (χ3n) is 5.74. The van der Waals surface area contributed by atoms with Crippen LogP contribution in [0.3, 0.4) is 0 Å². The van der Waals surface area contributed by atoms with E-state index in [-0.39, 0.29) is 22.3 Å². The van der Waals surface area contributed by atoms with Gasteiger partial charge in [0.1, 0.15) is 22.8 Å². The molecule has 0 radical (unpaired) electrons. The number of amides is 1. The van der Waals surface area contributed by atoms with Crippen molar-refractivity contribution in [3.8, 4) is 16.9 Å². The Morgan fingerprint density at radius 1 is 1.17 bits per heavy atom. The standard InChI is InChI=1S/C23H17F3N4O4S/c1-27-23(31)22-14-5-4-13(19(25)21(14)28-29-22)18-15(24)6-7-16(20(18)26)30(35(32)33)12-3-2-11-8-9-34-17(11)10-12/h2-7,10H,8-9H2,1H3,(H,27,31)(H,28,29)(H,32,33)/p-1. The number of carbonyl (C=O) groups excluding carboxylic acids is 1. The summed E-state index contributed by atoms with van der Waals surface area (Å²) in [5.74, 6) is -3.57. The third kappa shape index (κ3) is 3.70. The molecule has 1 amide bonds. The number of H-pyrrole nitrogens is 1. The number of anilines is 2. The molecule has 1 atom stereocenters. The molecular formula is C23H16F3N4O4S-. The number of fused-ring (bicyclic) bond motifs is 2. The number of aromatic nitrogens is 2. The molecule has 0 aliphatic carbocycles. The molecule has 8 nitrogen and oxygen atoms in total. The summed E-state index contributed by atoms with van der Waals surface area (Å²) in [6.07, 6.45) is 0.654. The van der Waals surface area contributed by atoms with E-state index in [0.29, 0.717) is 23.1 Å². The molecule has 3 aromatic carbocycles. The van der Waals surface area contributed by atoms with Gasteiger partial charge in [0.15, 0.2) is 11.6 Å². The molecule has 12 heteroatoms. The lowest BCUT2D eigenvalue weighted by molar-refractivity contribution is 0.0959. The number of rotatable bonds is 5. The summed E-state index contributed by atoms with van der Waals surface area (Å²) >= 11 is -3.00. The Balaban J connectivity index is 1.66. The lowest BCUT2D eigenvalue weighted by atomic mass is 10.0. The fraction of sp³-hybridized carbons (Fsp3) is 0.130. The molecule has 2 N–H and O–H groups in total. The Labute approximate surface area is 199 Å². The van der Waals surface area contributed by atoms with E-state index >= 15 is 8.78 Å². The summed E-state index contributed by atoms with van der Waals surface area (Å²) in [6.45, 7) is 0.435. The van der Waals surface area contributed by atoms with E-state index in [4.69, 9.17) is 4.74 Å². The van der Waals surface area contributed by atoms with Crippen LogP contribution in [-0.2, 0) is 17.7 Å². The van der Waals surface area contributed by atoms with Crippen molar-refractivity contribution in [1.82, 2.24) is 15.5 Å². The molecular weight excluding hydrogens is 485 g/mol. The SMILES string of the molecule is CNC(=O)c1[nH]nc2c(F)c(-c3c(F)ccc(N(c4ccc5c(c4)OCC5)S(=O)[O-])c3F)ccc12. The first-order valence-electron chi connectivity index (χ1n) is 10.3. The first-order chi connectivity index (χ1) is 16.8. The molecule has 0 saturated carbocycles. The lowest BCUT2D eigenvalue weighted by Gasteiger charge is -2.28. The van der Waals surface area contributed by atoms with Crippen molar-refractivity contribution in [1.29, 1.82) is 0 Å². The van der Waals surface area contributed by atoms with Crippen LogP contribution in [0.25, 0.3) is 22.0 Å². The summed E-state index contributed by atoms with van der Waals surface area (Å²) in [5.41, 5.74) is -1.16. The van der Waals surface area contributed by atoms with E-state index in [2.05, 4.69) is 15.5 Å². The second kappa shape index (κ2) is 8.71. The second-order valence-corrected chi connectivity index (χ2v) is 8.46. The van der Waals surface area contributed by atoms with Crippen molar-refractivity contribution in [2.24, 2.45) is 0 Å². The minimum absolute atomic E-state index is 0.0191. The zero-order valence-electron chi connectivity index (χ0n) is 18.0. The monoisotopic (exact) mass is 501 g/mol. The maximum atomic E-state index is 15.7. The number of benzene rings is 3. The van der Waals surface area contributed by atoms with E-state index in [1.54, 1.807) is 6.07 Å². The van der Waals surface area contributed by atoms with Crippen molar-refractivity contribution >= 4 is 39.5 Å². The van der Waals surface area contributed by atoms with Gasteiger partial charge < -0.3 is 14.6 Å². The highest BCUT2D eigenvalue weighted by Crippen LogP contribution is 2.40. The van der Waals surface area contributed by atoms with Gasteiger partial charge in [-0.3, -0.25) is 18.4 Å². The van der Waals surface area contributed by atoms with E-state index in [9.17, 15) is 17.9 Å². The van der Waals surface area contributed by atoms with E-state index in [1.807, 2.05) is 0 Å². The summed E-state index contributed by atoms with van der Waals surface area (Å²) in [4.78, 5) is 12.0. The first-order valence-corrected chi connectivity index (χ1v) is 11.4. The maximum Gasteiger partial charge on any atom is 0.269 e. The van der Waals surface area contributed by atoms with Gasteiger partial charge in [0.05, 0.1) is 34.8 Å². The van der Waals surface area contributed by atoms with Crippen molar-refractivity contribution in [3.63, 3.8) is 0 Å². The van der Waals surface area contributed by atoms with Gasteiger partial charge in [0.2, 0.25) is 0 Å². The Kier molecular flexibility index (Phi) is 5.69. The molecule has 1 unspecified atom stereocenters. The summed E-state index contributed by atoms with van der Waals surface area (Å²) in [5, 5.41) is 8.67. The van der Waals surface area contributed by atoms with Gasteiger partial charge in [0.25, 0.3) is 5.91 Å². The lowest BCUT2D eigenvalue weighted by Crippen LogP contribution is -2.21. The molecule has 4 aromatic rings. The highest BCUT2D eigenvalue weighted by Gasteiger charge is 2.26. The van der Waals surface area contributed by atoms with E-state index in [0.717, 1.165) is 23.8 Å². The van der Waals surface area contributed by atoms with Gasteiger partial charge in [-0.15, -0.1) is 0 Å². The van der Waals surface area contributed by atoms with E-state index in [1.165, 1.54) is 25.2 Å². The van der Waals surface area contributed by atoms with Gasteiger partial charge in [-0.2, -0.15) is 5.10 Å². The number of ether oxygens (including phenoxy) is 1. The quantitative estimate of drug-likeness (QED) is 0.404. The molecule has 0 fully saturated rings. The predicted octanol–water partition coefficient (Wildman–Crippen LogP) is 3.87. The first kappa shape index (κ1) is 22.9. The Bertz CT molecular complexity index is 1520. The van der Waals surface area contributed by atoms with Gasteiger partial charge >= 0.3 is 0 Å². The number of nitrogens with zero attached hydrogens (tertiary/aromatic N) is 2. The topological polar surface area (TPSA) is 110 Å². The van der Waals surface area contributed by atoms with Crippen molar-refractivity contribution in [2.75, 3.05) is 18.0 Å². The molecule has 0 bridgehead atoms. The summed E-state index contributed by atoms with van der Waals surface area (Å²) < 4.78 is 76.2. The highest BCUT2D eigenvalue weighted by atomic mass is 32.2. The molecule has 1 aliphatic heterocycles. The zero-order chi connectivity index (χ0) is 24.9. The average molecular weight is 501 g/mol. The summed E-state index contributed by atoms with van der Waals surface area (Å²) in [6, 6.07) is 8.78. The minimum Gasteiger partial charge on any atom is -0.755 e. The highest BCUT2D eigenvalue weighted by molar-refractivity contribution is 7.81. The maximum absolute atomic E-state index is 15.7. The molecule has 180 valence electrons. The number of carbonyl (C=O) groups is 1. The zero-order valence-corrected chi connectivity index (χ0v) is 18.8. The third-order valence-corrected chi connectivity index (χ3v) is 6.45. The van der Waals surface area contributed by atoms with Crippen molar-refractivity contribution in [2.45, 2.75) is 6.42 Å². The normalized spacial score (nSPS) is 13.4. The second-order valence-electron chi connectivity index (χ2n) is 7.66. The van der Waals surface area contributed by atoms with Gasteiger partial charge in [-0.05, 0) is 29.8 Å². The van der Waals surface area contributed by atoms with Crippen LogP contribution < -0.4 is 14.4 Å². The Morgan fingerprint density at radius 2 is 1.97 bits per heavy atom. The average Bonchev–Trinajstić information content (AvgIpc) is 3.48. The molecule has 35 heavy (non-hydrogen) atoms. The molecule has 5 rings (SSSR count). The fourth-order valence-corrected chi connectivity index (χ4v) is 4.66. The van der Waals surface area contributed by atoms with Crippen molar-refractivity contribution < 1.29 is 31.5 Å². The minimum atomic E-state index is -3.00. The number of nitrogens with one attached hydrogen (secondary N) is 2. The largest absolute Gasteiger partial charge is 0.755 e. The number of hydrogen-bond acceptors (Lipinski definition) is 5. The van der Waals surface area contributed by atoms with E-state index < -0.39 is 51.4 Å². The Morgan fingerprint density at radius 3 is 2.71 bits per heavy atom. The molecule has 0 spiro atoms.